The van der Waals surface area contributed by atoms with Crippen LogP contribution in [0.25, 0.3) is 0 Å². The van der Waals surface area contributed by atoms with Crippen molar-refractivity contribution in [2.24, 2.45) is 0 Å². The fraction of sp³-hybridized carbons (Fsp3) is 0.556. The fourth-order valence-electron chi connectivity index (χ4n) is 0.883. The number of allylic oxidation sites excluding steroid dienone is 2. The monoisotopic (exact) mass is 186 g/mol. The van der Waals surface area contributed by atoms with Gasteiger partial charge in [-0.1, -0.05) is 12.2 Å². The Hall–Kier alpha value is 0.180. The van der Waals surface area contributed by atoms with E-state index in [0.29, 0.717) is 0 Å². The predicted octanol–water partition coefficient (Wildman–Crippen LogP) is 3.66. The summed E-state index contributed by atoms with van der Waals surface area (Å²) in [6, 6.07) is 0. The maximum Gasteiger partial charge on any atom is 0.0360 e. The van der Waals surface area contributed by atoms with Crippen LogP contribution in [0.1, 0.15) is 19.3 Å². The third kappa shape index (κ3) is 3.92. The van der Waals surface area contributed by atoms with E-state index >= 15 is 0 Å². The molecule has 1 saturated heterocycles. The molecule has 1 rings (SSSR count). The van der Waals surface area contributed by atoms with Gasteiger partial charge in [-0.15, -0.1) is 30.1 Å². The largest absolute Gasteiger partial charge is 0.120 e. The summed E-state index contributed by atoms with van der Waals surface area (Å²) in [7, 11) is 0. The molecule has 1 heterocycles. The zero-order valence-corrected chi connectivity index (χ0v) is 8.35. The summed E-state index contributed by atoms with van der Waals surface area (Å²) in [4.78, 5) is 0. The molecular formula is C9H14S2. The van der Waals surface area contributed by atoms with Gasteiger partial charge in [0.15, 0.2) is 0 Å². The van der Waals surface area contributed by atoms with E-state index in [9.17, 15) is 0 Å². The molecule has 1 aliphatic heterocycles. The zero-order chi connectivity index (χ0) is 7.94. The van der Waals surface area contributed by atoms with Crippen LogP contribution in [-0.2, 0) is 0 Å². The first kappa shape index (κ1) is 9.27. The second-order valence-corrected chi connectivity index (χ2v) is 4.97. The lowest BCUT2D eigenvalue weighted by Gasteiger charge is -2.11. The van der Waals surface area contributed by atoms with Gasteiger partial charge < -0.3 is 0 Å². The normalized spacial score (nSPS) is 18.0. The van der Waals surface area contributed by atoms with Crippen molar-refractivity contribution >= 4 is 23.5 Å². The number of rotatable bonds is 3. The van der Waals surface area contributed by atoms with E-state index < -0.39 is 0 Å². The summed E-state index contributed by atoms with van der Waals surface area (Å²) in [5, 5.41) is 0. The van der Waals surface area contributed by atoms with Crippen molar-refractivity contribution in [2.45, 2.75) is 19.3 Å². The third-order valence-corrected chi connectivity index (χ3v) is 4.05. The minimum absolute atomic E-state index is 1.12. The minimum Gasteiger partial charge on any atom is -0.120 e. The minimum atomic E-state index is 1.12. The molecule has 11 heavy (non-hydrogen) atoms. The van der Waals surface area contributed by atoms with Gasteiger partial charge in [0.05, 0.1) is 0 Å². The van der Waals surface area contributed by atoms with Crippen molar-refractivity contribution in [1.82, 2.24) is 0 Å². The van der Waals surface area contributed by atoms with Gasteiger partial charge in [-0.25, -0.2) is 0 Å². The molecule has 0 aromatic rings. The molecule has 0 aromatic carbocycles. The van der Waals surface area contributed by atoms with Crippen molar-refractivity contribution in [1.29, 1.82) is 0 Å². The summed E-state index contributed by atoms with van der Waals surface area (Å²) < 4.78 is 1.53. The molecule has 0 unspecified atom stereocenters. The van der Waals surface area contributed by atoms with Gasteiger partial charge >= 0.3 is 0 Å². The van der Waals surface area contributed by atoms with Crippen LogP contribution in [0.3, 0.4) is 0 Å². The molecule has 0 aromatic heterocycles. The van der Waals surface area contributed by atoms with Crippen molar-refractivity contribution in [3.8, 4) is 0 Å². The molecule has 0 N–H and O–H groups in total. The van der Waals surface area contributed by atoms with Crippen LogP contribution in [0.5, 0.6) is 0 Å². The molecular weight excluding hydrogens is 172 g/mol. The van der Waals surface area contributed by atoms with E-state index in [-0.39, 0.29) is 0 Å². The first-order chi connectivity index (χ1) is 5.43. The molecule has 0 saturated carbocycles. The lowest BCUT2D eigenvalue weighted by Crippen LogP contribution is -1.91. The molecule has 2 heteroatoms. The zero-order valence-electron chi connectivity index (χ0n) is 6.71. The van der Waals surface area contributed by atoms with E-state index in [4.69, 9.17) is 0 Å². The Kier molecular flexibility index (Phi) is 4.87. The molecule has 0 aliphatic carbocycles. The van der Waals surface area contributed by atoms with E-state index in [1.54, 1.807) is 0 Å². The molecule has 0 atom stereocenters. The quantitative estimate of drug-likeness (QED) is 0.487. The van der Waals surface area contributed by atoms with Gasteiger partial charge in [0, 0.05) is 4.24 Å². The fourth-order valence-corrected chi connectivity index (χ4v) is 3.35. The molecule has 62 valence electrons. The highest BCUT2D eigenvalue weighted by Gasteiger charge is 2.04. The van der Waals surface area contributed by atoms with Crippen LogP contribution in [-0.4, -0.2) is 11.5 Å². The SMILES string of the molecule is C=CCCC=C1SCCCS1. The highest BCUT2D eigenvalue weighted by Crippen LogP contribution is 2.34. The topological polar surface area (TPSA) is 0 Å². The van der Waals surface area contributed by atoms with Gasteiger partial charge in [-0.05, 0) is 30.8 Å². The van der Waals surface area contributed by atoms with Crippen molar-refractivity contribution in [3.05, 3.63) is 23.0 Å². The van der Waals surface area contributed by atoms with E-state index in [2.05, 4.69) is 12.7 Å². The number of thioether (sulfide) groups is 2. The Morgan fingerprint density at radius 3 is 2.64 bits per heavy atom. The maximum atomic E-state index is 3.70. The Labute approximate surface area is 77.5 Å². The van der Waals surface area contributed by atoms with Crippen molar-refractivity contribution < 1.29 is 0 Å². The summed E-state index contributed by atoms with van der Waals surface area (Å²) >= 11 is 4.01. The van der Waals surface area contributed by atoms with E-state index in [1.165, 1.54) is 28.6 Å². The average Bonchev–Trinajstić information content (AvgIpc) is 2.07. The van der Waals surface area contributed by atoms with Crippen molar-refractivity contribution in [2.75, 3.05) is 11.5 Å². The van der Waals surface area contributed by atoms with Gasteiger partial charge in [-0.3, -0.25) is 0 Å². The van der Waals surface area contributed by atoms with E-state index in [0.717, 1.165) is 6.42 Å². The van der Waals surface area contributed by atoms with Gasteiger partial charge in [0.25, 0.3) is 0 Å². The lowest BCUT2D eigenvalue weighted by molar-refractivity contribution is 1.05. The van der Waals surface area contributed by atoms with Crippen molar-refractivity contribution in [3.63, 3.8) is 0 Å². The first-order valence-corrected chi connectivity index (χ1v) is 5.97. The number of unbranched alkanes of at least 4 members (excludes halogenated alkanes) is 1. The highest BCUT2D eigenvalue weighted by atomic mass is 32.2. The van der Waals surface area contributed by atoms with Gasteiger partial charge in [0.2, 0.25) is 0 Å². The Balaban J connectivity index is 2.20. The Morgan fingerprint density at radius 2 is 2.00 bits per heavy atom. The highest BCUT2D eigenvalue weighted by molar-refractivity contribution is 8.22. The summed E-state index contributed by atoms with van der Waals surface area (Å²) in [5.74, 6) is 2.62. The van der Waals surface area contributed by atoms with Crippen LogP contribution in [0.15, 0.2) is 23.0 Å². The van der Waals surface area contributed by atoms with Crippen LogP contribution < -0.4 is 0 Å². The molecule has 0 spiro atoms. The molecule has 0 radical (unpaired) electrons. The van der Waals surface area contributed by atoms with Gasteiger partial charge in [0.1, 0.15) is 0 Å². The van der Waals surface area contributed by atoms with Gasteiger partial charge in [-0.2, -0.15) is 0 Å². The van der Waals surface area contributed by atoms with Crippen LogP contribution in [0, 0.1) is 0 Å². The summed E-state index contributed by atoms with van der Waals surface area (Å²) in [5.41, 5.74) is 0. The summed E-state index contributed by atoms with van der Waals surface area (Å²) in [6.07, 6.45) is 7.98. The molecule has 1 fully saturated rings. The second kappa shape index (κ2) is 5.78. The van der Waals surface area contributed by atoms with Crippen LogP contribution in [0.4, 0.5) is 0 Å². The van der Waals surface area contributed by atoms with Crippen LogP contribution >= 0.6 is 23.5 Å². The summed E-state index contributed by atoms with van der Waals surface area (Å²) in [6.45, 7) is 3.70. The molecule has 0 nitrogen and oxygen atoms in total. The molecule has 1 aliphatic rings. The smallest absolute Gasteiger partial charge is 0.0360 e. The predicted molar refractivity (Wildman–Crippen MR) is 57.0 cm³/mol. The van der Waals surface area contributed by atoms with E-state index in [1.807, 2.05) is 29.6 Å². The van der Waals surface area contributed by atoms with Crippen LogP contribution in [0.2, 0.25) is 0 Å². The molecule has 0 amide bonds. The maximum absolute atomic E-state index is 3.70. The average molecular weight is 186 g/mol. The Morgan fingerprint density at radius 1 is 1.27 bits per heavy atom. The Bertz CT molecular complexity index is 142. The third-order valence-electron chi connectivity index (χ3n) is 1.46. The lowest BCUT2D eigenvalue weighted by atomic mass is 10.3. The second-order valence-electron chi connectivity index (χ2n) is 2.44. The number of hydrogen-bond acceptors (Lipinski definition) is 2. The molecule has 0 bridgehead atoms. The first-order valence-electron chi connectivity index (χ1n) is 4.00. The number of hydrogen-bond donors (Lipinski definition) is 0. The standard InChI is InChI=1S/C9H14S2/c1-2-3-4-6-9-10-7-5-8-11-9/h2,6H,1,3-5,7-8H2.